The maximum Gasteiger partial charge on any atom is 0.326 e. The van der Waals surface area contributed by atoms with Gasteiger partial charge in [-0.2, -0.15) is 0 Å². The lowest BCUT2D eigenvalue weighted by Gasteiger charge is -2.19. The number of aliphatic carboxylic acids is 1. The number of carbonyl (C=O) groups is 3. The van der Waals surface area contributed by atoms with E-state index in [0.717, 1.165) is 0 Å². The van der Waals surface area contributed by atoms with Crippen LogP contribution in [0.25, 0.3) is 0 Å². The molecule has 0 radical (unpaired) electrons. The van der Waals surface area contributed by atoms with Crippen LogP contribution in [0.2, 0.25) is 0 Å². The summed E-state index contributed by atoms with van der Waals surface area (Å²) in [6.45, 7) is 2.40. The van der Waals surface area contributed by atoms with Crippen molar-refractivity contribution in [2.45, 2.75) is 44.4 Å². The van der Waals surface area contributed by atoms with E-state index in [2.05, 4.69) is 15.4 Å². The Bertz CT molecular complexity index is 373. The molecule has 1 fully saturated rings. The first-order chi connectivity index (χ1) is 9.43. The minimum atomic E-state index is -1.19. The maximum atomic E-state index is 11.7. The number of ether oxygens (including phenoxy) is 2. The molecule has 1 aliphatic rings. The zero-order chi connectivity index (χ0) is 15.1. The van der Waals surface area contributed by atoms with Gasteiger partial charge in [0.15, 0.2) is 0 Å². The molecule has 2 amide bonds. The van der Waals surface area contributed by atoms with E-state index in [1.807, 2.05) is 6.92 Å². The molecule has 20 heavy (non-hydrogen) atoms. The van der Waals surface area contributed by atoms with Gasteiger partial charge < -0.3 is 25.2 Å². The molecular weight excluding hydrogens is 268 g/mol. The van der Waals surface area contributed by atoms with Crippen LogP contribution in [0.5, 0.6) is 0 Å². The van der Waals surface area contributed by atoms with Gasteiger partial charge in [0, 0.05) is 13.0 Å². The summed E-state index contributed by atoms with van der Waals surface area (Å²) in [5.41, 5.74) is 0. The molecule has 8 nitrogen and oxygen atoms in total. The Balaban J connectivity index is 2.42. The first-order valence-electron chi connectivity index (χ1n) is 6.42. The van der Waals surface area contributed by atoms with Crippen molar-refractivity contribution >= 4 is 18.0 Å². The summed E-state index contributed by atoms with van der Waals surface area (Å²) in [4.78, 5) is 33.7. The van der Waals surface area contributed by atoms with E-state index in [-0.39, 0.29) is 25.0 Å². The van der Waals surface area contributed by atoms with Crippen molar-refractivity contribution in [1.29, 1.82) is 0 Å². The van der Waals surface area contributed by atoms with Gasteiger partial charge >= 0.3 is 18.0 Å². The van der Waals surface area contributed by atoms with Crippen LogP contribution in [0.1, 0.15) is 26.2 Å². The highest BCUT2D eigenvalue weighted by Gasteiger charge is 2.27. The third-order valence-corrected chi connectivity index (χ3v) is 3.16. The van der Waals surface area contributed by atoms with E-state index in [4.69, 9.17) is 9.84 Å². The molecule has 1 saturated heterocycles. The monoisotopic (exact) mass is 288 g/mol. The van der Waals surface area contributed by atoms with Gasteiger partial charge in [-0.25, -0.2) is 9.59 Å². The summed E-state index contributed by atoms with van der Waals surface area (Å²) in [6, 6.07) is -1.85. The maximum absolute atomic E-state index is 11.7. The van der Waals surface area contributed by atoms with Crippen molar-refractivity contribution < 1.29 is 29.0 Å². The molecule has 0 aromatic rings. The minimum absolute atomic E-state index is 0.0217. The zero-order valence-electron chi connectivity index (χ0n) is 11.5. The average Bonchev–Trinajstić information content (AvgIpc) is 2.79. The fraction of sp³-hybridized carbons (Fsp3) is 0.750. The Morgan fingerprint density at radius 3 is 2.65 bits per heavy atom. The molecule has 0 spiro atoms. The van der Waals surface area contributed by atoms with E-state index in [9.17, 15) is 14.4 Å². The van der Waals surface area contributed by atoms with E-state index >= 15 is 0 Å². The predicted octanol–water partition coefficient (Wildman–Crippen LogP) is -0.131. The number of methoxy groups -OCH3 is 1. The van der Waals surface area contributed by atoms with E-state index in [1.54, 1.807) is 0 Å². The molecule has 0 aliphatic carbocycles. The second-order valence-corrected chi connectivity index (χ2v) is 4.59. The van der Waals surface area contributed by atoms with Gasteiger partial charge in [0.1, 0.15) is 6.04 Å². The number of rotatable bonds is 6. The summed E-state index contributed by atoms with van der Waals surface area (Å²) < 4.78 is 9.72. The summed E-state index contributed by atoms with van der Waals surface area (Å²) in [5, 5.41) is 14.0. The van der Waals surface area contributed by atoms with Crippen LogP contribution in [0, 0.1) is 0 Å². The number of nitrogens with one attached hydrogen (secondary N) is 2. The lowest BCUT2D eigenvalue weighted by Crippen LogP contribution is -2.50. The first-order valence-corrected chi connectivity index (χ1v) is 6.42. The van der Waals surface area contributed by atoms with Crippen molar-refractivity contribution in [3.05, 3.63) is 0 Å². The zero-order valence-corrected chi connectivity index (χ0v) is 11.5. The lowest BCUT2D eigenvalue weighted by atomic mass is 10.1. The first kappa shape index (κ1) is 16.2. The van der Waals surface area contributed by atoms with Crippen LogP contribution in [0.3, 0.4) is 0 Å². The van der Waals surface area contributed by atoms with Crippen molar-refractivity contribution in [2.24, 2.45) is 0 Å². The quantitative estimate of drug-likeness (QED) is 0.587. The number of esters is 1. The van der Waals surface area contributed by atoms with Crippen molar-refractivity contribution in [3.8, 4) is 0 Å². The predicted molar refractivity (Wildman–Crippen MR) is 68.2 cm³/mol. The molecule has 2 unspecified atom stereocenters. The van der Waals surface area contributed by atoms with Crippen molar-refractivity contribution in [1.82, 2.24) is 10.6 Å². The number of urea groups is 1. The fourth-order valence-electron chi connectivity index (χ4n) is 1.91. The third-order valence-electron chi connectivity index (χ3n) is 3.16. The van der Waals surface area contributed by atoms with Crippen LogP contribution in [-0.2, 0) is 19.1 Å². The van der Waals surface area contributed by atoms with Gasteiger partial charge in [-0.05, 0) is 19.8 Å². The normalized spacial score (nSPS) is 22.9. The third kappa shape index (κ3) is 5.04. The Morgan fingerprint density at radius 2 is 2.15 bits per heavy atom. The Kier molecular flexibility index (Phi) is 6.23. The number of hydrogen-bond donors (Lipinski definition) is 3. The highest BCUT2D eigenvalue weighted by Crippen LogP contribution is 2.12. The lowest BCUT2D eigenvalue weighted by molar-refractivity contribution is -0.142. The van der Waals surface area contributed by atoms with Gasteiger partial charge in [0.25, 0.3) is 0 Å². The molecule has 3 atom stereocenters. The van der Waals surface area contributed by atoms with Crippen LogP contribution in [-0.4, -0.2) is 55.0 Å². The topological polar surface area (TPSA) is 114 Å². The summed E-state index contributed by atoms with van der Waals surface area (Å²) in [6.07, 6.45) is 0.497. The SMILES string of the molecule is COC(=O)CC[C@@H](NC(=O)NC1CCOC1C)C(=O)O. The average molecular weight is 288 g/mol. The van der Waals surface area contributed by atoms with E-state index in [0.29, 0.717) is 13.0 Å². The molecule has 3 N–H and O–H groups in total. The summed E-state index contributed by atoms with van der Waals surface area (Å²) in [5.74, 6) is -1.71. The van der Waals surface area contributed by atoms with Gasteiger partial charge in [-0.15, -0.1) is 0 Å². The molecule has 0 aromatic heterocycles. The summed E-state index contributed by atoms with van der Waals surface area (Å²) in [7, 11) is 1.22. The van der Waals surface area contributed by atoms with E-state index < -0.39 is 24.0 Å². The summed E-state index contributed by atoms with van der Waals surface area (Å²) >= 11 is 0. The van der Waals surface area contributed by atoms with Gasteiger partial charge in [0.05, 0.1) is 19.3 Å². The molecule has 0 saturated carbocycles. The number of amides is 2. The Labute approximate surface area is 116 Å². The van der Waals surface area contributed by atoms with Crippen LogP contribution in [0.4, 0.5) is 4.79 Å². The number of hydrogen-bond acceptors (Lipinski definition) is 5. The largest absolute Gasteiger partial charge is 0.480 e. The van der Waals surface area contributed by atoms with Crippen LogP contribution in [0.15, 0.2) is 0 Å². The van der Waals surface area contributed by atoms with Crippen molar-refractivity contribution in [3.63, 3.8) is 0 Å². The standard InChI is InChI=1S/C12H20N2O6/c1-7-8(5-6-20-7)13-12(18)14-9(11(16)17)3-4-10(15)19-2/h7-9H,3-6H2,1-2H3,(H,16,17)(H2,13,14,18)/t7?,8?,9-/m1/s1. The molecule has 1 aliphatic heterocycles. The molecule has 1 heterocycles. The Morgan fingerprint density at radius 1 is 1.45 bits per heavy atom. The molecule has 0 aromatic carbocycles. The van der Waals surface area contributed by atoms with Gasteiger partial charge in [-0.1, -0.05) is 0 Å². The minimum Gasteiger partial charge on any atom is -0.480 e. The van der Waals surface area contributed by atoms with Gasteiger partial charge in [-0.3, -0.25) is 4.79 Å². The highest BCUT2D eigenvalue weighted by atomic mass is 16.5. The van der Waals surface area contributed by atoms with E-state index in [1.165, 1.54) is 7.11 Å². The second kappa shape index (κ2) is 7.68. The Hall–Kier alpha value is -1.83. The smallest absolute Gasteiger partial charge is 0.326 e. The fourth-order valence-corrected chi connectivity index (χ4v) is 1.91. The highest BCUT2D eigenvalue weighted by molar-refractivity contribution is 5.83. The van der Waals surface area contributed by atoms with Crippen LogP contribution >= 0.6 is 0 Å². The van der Waals surface area contributed by atoms with Crippen LogP contribution < -0.4 is 10.6 Å². The molecule has 8 heteroatoms. The molecule has 1 rings (SSSR count). The second-order valence-electron chi connectivity index (χ2n) is 4.59. The molecule has 0 bridgehead atoms. The number of carbonyl (C=O) groups excluding carboxylic acids is 2. The number of carboxylic acid groups (broad SMARTS) is 1. The molecular formula is C12H20N2O6. The van der Waals surface area contributed by atoms with Gasteiger partial charge in [0.2, 0.25) is 0 Å². The molecule has 114 valence electrons. The number of carboxylic acids is 1. The van der Waals surface area contributed by atoms with Crippen molar-refractivity contribution in [2.75, 3.05) is 13.7 Å².